The average molecular weight is 297 g/mol. The molecule has 0 saturated carbocycles. The summed E-state index contributed by atoms with van der Waals surface area (Å²) < 4.78 is 17.8. The Hall–Kier alpha value is -3.02. The molecule has 3 aromatic rings. The van der Waals surface area contributed by atoms with Crippen LogP contribution >= 0.6 is 0 Å². The highest BCUT2D eigenvalue weighted by Crippen LogP contribution is 2.21. The first-order valence-corrected chi connectivity index (χ1v) is 6.59. The van der Waals surface area contributed by atoms with Crippen molar-refractivity contribution in [2.24, 2.45) is 0 Å². The van der Waals surface area contributed by atoms with Gasteiger partial charge in [-0.15, -0.1) is 0 Å². The van der Waals surface area contributed by atoms with Crippen LogP contribution in [0.3, 0.4) is 0 Å². The van der Waals surface area contributed by atoms with Crippen LogP contribution in [0, 0.1) is 12.7 Å². The summed E-state index contributed by atoms with van der Waals surface area (Å²) >= 11 is 0. The fourth-order valence-corrected chi connectivity index (χ4v) is 2.01. The van der Waals surface area contributed by atoms with Crippen molar-refractivity contribution in [2.75, 3.05) is 5.32 Å². The van der Waals surface area contributed by atoms with E-state index in [4.69, 9.17) is 4.52 Å². The molecule has 1 N–H and O–H groups in total. The normalized spacial score (nSPS) is 10.5. The van der Waals surface area contributed by atoms with Crippen molar-refractivity contribution in [3.63, 3.8) is 0 Å². The third-order valence-electron chi connectivity index (χ3n) is 3.06. The van der Waals surface area contributed by atoms with Gasteiger partial charge in [-0.25, -0.2) is 4.39 Å². The molecule has 6 heteroatoms. The summed E-state index contributed by atoms with van der Waals surface area (Å²) in [4.78, 5) is 16.1. The number of anilines is 1. The van der Waals surface area contributed by atoms with E-state index in [0.29, 0.717) is 11.5 Å². The average Bonchev–Trinajstić information content (AvgIpc) is 2.93. The number of carbonyl (C=O) groups excluding carboxylic acids is 1. The second-order valence-corrected chi connectivity index (χ2v) is 4.68. The number of carbonyl (C=O) groups is 1. The maximum Gasteiger partial charge on any atom is 0.270 e. The first-order valence-electron chi connectivity index (χ1n) is 6.59. The number of nitrogens with one attached hydrogen (secondary N) is 1. The van der Waals surface area contributed by atoms with Crippen molar-refractivity contribution >= 4 is 11.9 Å². The SMILES string of the molecule is Cc1nc(NC(=O)c2cccc(-c3ccc(F)cc3)c2)no1. The van der Waals surface area contributed by atoms with E-state index in [0.717, 1.165) is 11.1 Å². The van der Waals surface area contributed by atoms with Crippen LogP contribution in [0.15, 0.2) is 53.1 Å². The Morgan fingerprint density at radius 2 is 1.91 bits per heavy atom. The maximum atomic E-state index is 13.0. The van der Waals surface area contributed by atoms with Crippen LogP contribution in [0.2, 0.25) is 0 Å². The quantitative estimate of drug-likeness (QED) is 0.804. The second kappa shape index (κ2) is 5.77. The Morgan fingerprint density at radius 3 is 2.59 bits per heavy atom. The number of nitrogens with zero attached hydrogens (tertiary/aromatic N) is 2. The molecule has 0 spiro atoms. The topological polar surface area (TPSA) is 68.0 Å². The zero-order valence-corrected chi connectivity index (χ0v) is 11.7. The van der Waals surface area contributed by atoms with E-state index in [-0.39, 0.29) is 17.7 Å². The third-order valence-corrected chi connectivity index (χ3v) is 3.06. The molecule has 0 saturated heterocycles. The molecule has 5 nitrogen and oxygen atoms in total. The Labute approximate surface area is 125 Å². The Bertz CT molecular complexity index is 812. The first kappa shape index (κ1) is 13.9. The molecular weight excluding hydrogens is 285 g/mol. The number of aromatic nitrogens is 2. The van der Waals surface area contributed by atoms with Gasteiger partial charge in [-0.05, 0) is 40.5 Å². The van der Waals surface area contributed by atoms with Crippen molar-refractivity contribution in [3.8, 4) is 11.1 Å². The number of rotatable bonds is 3. The number of hydrogen-bond donors (Lipinski definition) is 1. The number of benzene rings is 2. The fraction of sp³-hybridized carbons (Fsp3) is 0.0625. The summed E-state index contributed by atoms with van der Waals surface area (Å²) in [6, 6.07) is 13.1. The monoisotopic (exact) mass is 297 g/mol. The Balaban J connectivity index is 1.84. The predicted molar refractivity (Wildman–Crippen MR) is 78.8 cm³/mol. The van der Waals surface area contributed by atoms with E-state index in [1.165, 1.54) is 12.1 Å². The van der Waals surface area contributed by atoms with Crippen LogP contribution in [0.25, 0.3) is 11.1 Å². The highest BCUT2D eigenvalue weighted by atomic mass is 19.1. The van der Waals surface area contributed by atoms with Crippen LogP contribution in [-0.4, -0.2) is 16.0 Å². The molecule has 0 unspecified atom stereocenters. The lowest BCUT2D eigenvalue weighted by Crippen LogP contribution is -2.12. The van der Waals surface area contributed by atoms with Crippen LogP contribution < -0.4 is 5.32 Å². The summed E-state index contributed by atoms with van der Waals surface area (Å²) in [5, 5.41) is 6.16. The van der Waals surface area contributed by atoms with Gasteiger partial charge >= 0.3 is 0 Å². The van der Waals surface area contributed by atoms with Crippen LogP contribution in [0.5, 0.6) is 0 Å². The van der Waals surface area contributed by atoms with Gasteiger partial charge in [0.2, 0.25) is 5.89 Å². The minimum absolute atomic E-state index is 0.120. The minimum atomic E-state index is -0.343. The minimum Gasteiger partial charge on any atom is -0.338 e. The molecule has 22 heavy (non-hydrogen) atoms. The molecule has 3 rings (SSSR count). The summed E-state index contributed by atoms with van der Waals surface area (Å²) in [5.74, 6) is -0.153. The summed E-state index contributed by atoms with van der Waals surface area (Å²) in [6.45, 7) is 1.64. The van der Waals surface area contributed by atoms with E-state index >= 15 is 0 Å². The van der Waals surface area contributed by atoms with Crippen molar-refractivity contribution < 1.29 is 13.7 Å². The predicted octanol–water partition coefficient (Wildman–Crippen LogP) is 3.44. The molecule has 0 aliphatic carbocycles. The van der Waals surface area contributed by atoms with E-state index in [1.807, 2.05) is 6.07 Å². The highest BCUT2D eigenvalue weighted by Gasteiger charge is 2.11. The lowest BCUT2D eigenvalue weighted by atomic mass is 10.0. The van der Waals surface area contributed by atoms with E-state index < -0.39 is 0 Å². The van der Waals surface area contributed by atoms with Gasteiger partial charge in [-0.2, -0.15) is 4.98 Å². The van der Waals surface area contributed by atoms with Gasteiger partial charge in [0.05, 0.1) is 0 Å². The Kier molecular flexibility index (Phi) is 3.65. The Morgan fingerprint density at radius 1 is 1.14 bits per heavy atom. The molecular formula is C16H12FN3O2. The number of halogens is 1. The number of amides is 1. The van der Waals surface area contributed by atoms with Crippen molar-refractivity contribution in [1.29, 1.82) is 0 Å². The van der Waals surface area contributed by atoms with Crippen LogP contribution in [0.1, 0.15) is 16.2 Å². The van der Waals surface area contributed by atoms with Gasteiger partial charge in [0, 0.05) is 12.5 Å². The lowest BCUT2D eigenvalue weighted by Gasteiger charge is -2.05. The highest BCUT2D eigenvalue weighted by molar-refractivity contribution is 6.04. The molecule has 1 heterocycles. The summed E-state index contributed by atoms with van der Waals surface area (Å²) in [7, 11) is 0. The van der Waals surface area contributed by atoms with Gasteiger partial charge in [0.15, 0.2) is 0 Å². The van der Waals surface area contributed by atoms with Crippen LogP contribution in [0.4, 0.5) is 10.3 Å². The molecule has 0 atom stereocenters. The maximum absolute atomic E-state index is 13.0. The van der Waals surface area contributed by atoms with E-state index in [2.05, 4.69) is 15.5 Å². The summed E-state index contributed by atoms with van der Waals surface area (Å²) in [5.41, 5.74) is 2.09. The van der Waals surface area contributed by atoms with Gasteiger partial charge in [0.25, 0.3) is 11.9 Å². The molecule has 0 aliphatic rings. The van der Waals surface area contributed by atoms with Crippen molar-refractivity contribution in [1.82, 2.24) is 10.1 Å². The standard InChI is InChI=1S/C16H12FN3O2/c1-10-18-16(20-22-10)19-15(21)13-4-2-3-12(9-13)11-5-7-14(17)8-6-11/h2-9H,1H3,(H,19,20,21). The van der Waals surface area contributed by atoms with Crippen LogP contribution in [-0.2, 0) is 0 Å². The largest absolute Gasteiger partial charge is 0.338 e. The van der Waals surface area contributed by atoms with Gasteiger partial charge in [0.1, 0.15) is 5.82 Å². The molecule has 110 valence electrons. The molecule has 0 radical (unpaired) electrons. The van der Waals surface area contributed by atoms with Gasteiger partial charge < -0.3 is 4.52 Å². The third kappa shape index (κ3) is 3.01. The molecule has 0 fully saturated rings. The first-order chi connectivity index (χ1) is 10.6. The van der Waals surface area contributed by atoms with E-state index in [1.54, 1.807) is 37.3 Å². The second-order valence-electron chi connectivity index (χ2n) is 4.68. The molecule has 0 bridgehead atoms. The molecule has 1 amide bonds. The number of aryl methyl sites for hydroxylation is 1. The molecule has 0 aliphatic heterocycles. The fourth-order valence-electron chi connectivity index (χ4n) is 2.01. The zero-order valence-electron chi connectivity index (χ0n) is 11.7. The summed E-state index contributed by atoms with van der Waals surface area (Å²) in [6.07, 6.45) is 0. The lowest BCUT2D eigenvalue weighted by molar-refractivity contribution is 0.102. The number of hydrogen-bond acceptors (Lipinski definition) is 4. The molecule has 1 aromatic heterocycles. The van der Waals surface area contributed by atoms with E-state index in [9.17, 15) is 9.18 Å². The molecule has 2 aromatic carbocycles. The zero-order chi connectivity index (χ0) is 15.5. The van der Waals surface area contributed by atoms with Gasteiger partial charge in [-0.1, -0.05) is 24.3 Å². The van der Waals surface area contributed by atoms with Gasteiger partial charge in [-0.3, -0.25) is 10.1 Å². The van der Waals surface area contributed by atoms with Crippen molar-refractivity contribution in [2.45, 2.75) is 6.92 Å². The van der Waals surface area contributed by atoms with Crippen molar-refractivity contribution in [3.05, 3.63) is 65.8 Å². The smallest absolute Gasteiger partial charge is 0.270 e.